The molecule has 1 aromatic carbocycles. The van der Waals surface area contributed by atoms with Crippen LogP contribution in [-0.2, 0) is 11.3 Å². The largest absolute Gasteiger partial charge is 0.351 e. The number of fused-ring (bicyclic) bond motifs is 1. The summed E-state index contributed by atoms with van der Waals surface area (Å²) in [7, 11) is 0. The molecule has 0 bridgehead atoms. The van der Waals surface area contributed by atoms with Gasteiger partial charge in [0.1, 0.15) is 11.6 Å². The highest BCUT2D eigenvalue weighted by molar-refractivity contribution is 6.33. The summed E-state index contributed by atoms with van der Waals surface area (Å²) in [6, 6.07) is 7.77. The number of benzene rings is 1. The molecule has 0 aliphatic carbocycles. The van der Waals surface area contributed by atoms with Gasteiger partial charge in [-0.15, -0.1) is 0 Å². The molecule has 0 atom stereocenters. The average Bonchev–Trinajstić information content (AvgIpc) is 3.05. The number of carbonyl (C=O) groups is 1. The van der Waals surface area contributed by atoms with Crippen LogP contribution >= 0.6 is 11.6 Å². The van der Waals surface area contributed by atoms with Gasteiger partial charge < -0.3 is 14.4 Å². The van der Waals surface area contributed by atoms with Crippen molar-refractivity contribution in [3.8, 4) is 11.4 Å². The van der Waals surface area contributed by atoms with E-state index in [9.17, 15) is 4.79 Å². The Hall–Kier alpha value is -2.67. The highest BCUT2D eigenvalue weighted by atomic mass is 35.5. The van der Waals surface area contributed by atoms with E-state index in [0.717, 1.165) is 48.0 Å². The summed E-state index contributed by atoms with van der Waals surface area (Å²) in [6.07, 6.45) is 0. The monoisotopic (exact) mass is 426 g/mol. The summed E-state index contributed by atoms with van der Waals surface area (Å²) in [5.74, 6) is 2.88. The topological polar surface area (TPSA) is 67.2 Å². The van der Waals surface area contributed by atoms with Gasteiger partial charge in [0.25, 0.3) is 0 Å². The van der Waals surface area contributed by atoms with Crippen LogP contribution in [0.3, 0.4) is 0 Å². The minimum atomic E-state index is 0.112. The Morgan fingerprint density at radius 1 is 1.10 bits per heavy atom. The zero-order chi connectivity index (χ0) is 21.4. The van der Waals surface area contributed by atoms with Crippen molar-refractivity contribution >= 4 is 34.5 Å². The molecule has 1 saturated heterocycles. The van der Waals surface area contributed by atoms with Gasteiger partial charge in [-0.25, -0.2) is 15.0 Å². The van der Waals surface area contributed by atoms with Crippen molar-refractivity contribution in [2.75, 3.05) is 31.1 Å². The Labute approximate surface area is 181 Å². The third-order valence-corrected chi connectivity index (χ3v) is 5.70. The molecule has 0 N–H and O–H groups in total. The Morgan fingerprint density at radius 2 is 1.80 bits per heavy atom. The molecule has 0 unspecified atom stereocenters. The van der Waals surface area contributed by atoms with Gasteiger partial charge in [-0.3, -0.25) is 4.79 Å². The lowest BCUT2D eigenvalue weighted by Crippen LogP contribution is -2.48. The smallest absolute Gasteiger partial charge is 0.219 e. The number of hydrogen-bond donors (Lipinski definition) is 0. The Balaban J connectivity index is 1.85. The lowest BCUT2D eigenvalue weighted by atomic mass is 10.2. The molecule has 7 nitrogen and oxygen atoms in total. The summed E-state index contributed by atoms with van der Waals surface area (Å²) < 4.78 is 2.16. The van der Waals surface area contributed by atoms with E-state index in [4.69, 9.17) is 26.6 Å². The first kappa shape index (κ1) is 20.6. The molecule has 2 aromatic heterocycles. The van der Waals surface area contributed by atoms with Gasteiger partial charge >= 0.3 is 0 Å². The number of amides is 1. The quantitative estimate of drug-likeness (QED) is 0.635. The number of rotatable bonds is 4. The summed E-state index contributed by atoms with van der Waals surface area (Å²) in [5.41, 5.74) is 2.50. The molecule has 0 saturated carbocycles. The third kappa shape index (κ3) is 3.86. The molecule has 158 valence electrons. The van der Waals surface area contributed by atoms with E-state index >= 15 is 0 Å². The minimum Gasteiger partial charge on any atom is -0.351 e. The van der Waals surface area contributed by atoms with Crippen molar-refractivity contribution in [1.29, 1.82) is 0 Å². The number of aromatic nitrogens is 4. The second-order valence-electron chi connectivity index (χ2n) is 8.18. The van der Waals surface area contributed by atoms with Crippen LogP contribution < -0.4 is 4.90 Å². The maximum absolute atomic E-state index is 11.7. The molecule has 1 aliphatic heterocycles. The van der Waals surface area contributed by atoms with E-state index in [1.807, 2.05) is 36.1 Å². The second-order valence-corrected chi connectivity index (χ2v) is 8.59. The third-order valence-electron chi connectivity index (χ3n) is 5.38. The average molecular weight is 427 g/mol. The molecule has 1 amide bonds. The van der Waals surface area contributed by atoms with E-state index in [2.05, 4.69) is 23.3 Å². The molecule has 30 heavy (non-hydrogen) atoms. The molecule has 0 spiro atoms. The fraction of sp³-hybridized carbons (Fsp3) is 0.455. The Kier molecular flexibility index (Phi) is 5.64. The number of aryl methyl sites for hydroxylation is 1. The Morgan fingerprint density at radius 3 is 2.43 bits per heavy atom. The summed E-state index contributed by atoms with van der Waals surface area (Å²) in [4.78, 5) is 30.3. The number of halogens is 1. The maximum atomic E-state index is 11.7. The van der Waals surface area contributed by atoms with Crippen LogP contribution in [0.2, 0.25) is 5.02 Å². The molecular weight excluding hydrogens is 400 g/mol. The van der Waals surface area contributed by atoms with Crippen molar-refractivity contribution in [2.45, 2.75) is 34.2 Å². The van der Waals surface area contributed by atoms with Crippen LogP contribution in [0.25, 0.3) is 22.6 Å². The summed E-state index contributed by atoms with van der Waals surface area (Å²) in [6.45, 7) is 11.5. The van der Waals surface area contributed by atoms with Crippen LogP contribution in [0.15, 0.2) is 24.3 Å². The van der Waals surface area contributed by atoms with Crippen molar-refractivity contribution in [3.63, 3.8) is 0 Å². The van der Waals surface area contributed by atoms with Gasteiger partial charge in [0.15, 0.2) is 17.0 Å². The van der Waals surface area contributed by atoms with E-state index in [1.165, 1.54) is 0 Å². The Bertz CT molecular complexity index is 1080. The first-order valence-electron chi connectivity index (χ1n) is 10.4. The molecule has 1 fully saturated rings. The van der Waals surface area contributed by atoms with Crippen LogP contribution in [0.1, 0.15) is 26.6 Å². The van der Waals surface area contributed by atoms with Crippen LogP contribution in [0, 0.1) is 12.8 Å². The number of piperazine rings is 1. The zero-order valence-electron chi connectivity index (χ0n) is 17.9. The molecule has 8 heteroatoms. The van der Waals surface area contributed by atoms with Crippen LogP contribution in [-0.4, -0.2) is 56.5 Å². The van der Waals surface area contributed by atoms with Gasteiger partial charge in [-0.1, -0.05) is 37.6 Å². The van der Waals surface area contributed by atoms with Crippen molar-refractivity contribution in [3.05, 3.63) is 35.1 Å². The zero-order valence-corrected chi connectivity index (χ0v) is 18.6. The first-order valence-corrected chi connectivity index (χ1v) is 10.7. The first-order chi connectivity index (χ1) is 14.3. The van der Waals surface area contributed by atoms with Gasteiger partial charge in [-0.2, -0.15) is 0 Å². The van der Waals surface area contributed by atoms with Crippen LogP contribution in [0.5, 0.6) is 0 Å². The fourth-order valence-corrected chi connectivity index (χ4v) is 4.15. The minimum absolute atomic E-state index is 0.112. The molecule has 3 aromatic rings. The second kappa shape index (κ2) is 8.22. The molecule has 3 heterocycles. The predicted octanol–water partition coefficient (Wildman–Crippen LogP) is 3.78. The van der Waals surface area contributed by atoms with Crippen molar-refractivity contribution in [2.24, 2.45) is 5.92 Å². The number of nitrogens with zero attached hydrogens (tertiary/aromatic N) is 6. The highest BCUT2D eigenvalue weighted by Gasteiger charge is 2.26. The fourth-order valence-electron chi connectivity index (χ4n) is 3.93. The highest BCUT2D eigenvalue weighted by Crippen LogP contribution is 2.33. The van der Waals surface area contributed by atoms with Gasteiger partial charge in [-0.05, 0) is 25.0 Å². The lowest BCUT2D eigenvalue weighted by molar-refractivity contribution is -0.129. The standard InChI is InChI=1S/C22H27ClN6O/c1-14(2)13-29-20(17-7-5-6-8-18(17)23)26-19-21(24-15(3)25-22(19)29)28-11-9-27(10-12-28)16(4)30/h5-8,14H,9-13H2,1-4H3. The molecule has 4 rings (SSSR count). The number of hydrogen-bond acceptors (Lipinski definition) is 5. The SMILES string of the molecule is CC(=O)N1CCN(c2nc(C)nc3c2nc(-c2ccccc2Cl)n3CC(C)C)CC1. The van der Waals surface area contributed by atoms with Crippen molar-refractivity contribution < 1.29 is 4.79 Å². The summed E-state index contributed by atoms with van der Waals surface area (Å²) >= 11 is 6.52. The van der Waals surface area contributed by atoms with E-state index in [0.29, 0.717) is 29.9 Å². The van der Waals surface area contributed by atoms with E-state index in [1.54, 1.807) is 6.92 Å². The van der Waals surface area contributed by atoms with Gasteiger partial charge in [0.2, 0.25) is 5.91 Å². The molecular formula is C22H27ClN6O. The normalized spacial score (nSPS) is 14.7. The van der Waals surface area contributed by atoms with Crippen molar-refractivity contribution in [1.82, 2.24) is 24.4 Å². The lowest BCUT2D eigenvalue weighted by Gasteiger charge is -2.34. The van der Waals surface area contributed by atoms with Gasteiger partial charge in [0.05, 0.1) is 5.02 Å². The van der Waals surface area contributed by atoms with E-state index < -0.39 is 0 Å². The predicted molar refractivity (Wildman–Crippen MR) is 120 cm³/mol. The molecule has 1 aliphatic rings. The maximum Gasteiger partial charge on any atom is 0.219 e. The van der Waals surface area contributed by atoms with Crippen LogP contribution in [0.4, 0.5) is 5.82 Å². The van der Waals surface area contributed by atoms with E-state index in [-0.39, 0.29) is 5.91 Å². The number of carbonyl (C=O) groups excluding carboxylic acids is 1. The van der Waals surface area contributed by atoms with Gasteiger partial charge in [0, 0.05) is 45.2 Å². The molecule has 0 radical (unpaired) electrons. The number of anilines is 1. The number of imidazole rings is 1. The summed E-state index contributed by atoms with van der Waals surface area (Å²) in [5, 5.41) is 0.666.